The van der Waals surface area contributed by atoms with Gasteiger partial charge in [0.05, 0.1) is 16.7 Å². The molecule has 3 aromatic rings. The van der Waals surface area contributed by atoms with Gasteiger partial charge in [-0.15, -0.1) is 10.2 Å². The fraction of sp³-hybridized carbons (Fsp3) is 0.273. The molecule has 0 saturated carbocycles. The lowest BCUT2D eigenvalue weighted by atomic mass is 10.2. The van der Waals surface area contributed by atoms with Gasteiger partial charge in [0.25, 0.3) is 0 Å². The molecular weight excluding hydrogens is 460 g/mol. The maximum absolute atomic E-state index is 13.0. The second-order valence-electron chi connectivity index (χ2n) is 6.82. The van der Waals surface area contributed by atoms with Gasteiger partial charge in [-0.3, -0.25) is 9.36 Å². The number of aromatic nitrogens is 3. The summed E-state index contributed by atoms with van der Waals surface area (Å²) in [5.74, 6) is 0.221. The molecule has 0 saturated heterocycles. The Morgan fingerprint density at radius 2 is 1.85 bits per heavy atom. The minimum Gasteiger partial charge on any atom is -0.342 e. The number of nitrogens with zero attached hydrogens (tertiary/aromatic N) is 5. The minimum absolute atomic E-state index is 0.0586. The Kier molecular flexibility index (Phi) is 8.21. The zero-order valence-electron chi connectivity index (χ0n) is 18.3. The summed E-state index contributed by atoms with van der Waals surface area (Å²) in [6, 6.07) is 17.9. The van der Waals surface area contributed by atoms with Crippen LogP contribution < -0.4 is 5.32 Å². The molecule has 172 valence electrons. The molecule has 0 spiro atoms. The fourth-order valence-electron chi connectivity index (χ4n) is 3.19. The van der Waals surface area contributed by atoms with Gasteiger partial charge in [0, 0.05) is 24.3 Å². The van der Waals surface area contributed by atoms with Crippen molar-refractivity contribution in [1.82, 2.24) is 24.4 Å². The van der Waals surface area contributed by atoms with E-state index in [4.69, 9.17) is 5.26 Å². The molecule has 0 radical (unpaired) electrons. The van der Waals surface area contributed by atoms with E-state index >= 15 is 0 Å². The molecule has 1 N–H and O–H groups in total. The zero-order chi connectivity index (χ0) is 23.8. The van der Waals surface area contributed by atoms with Gasteiger partial charge in [0.2, 0.25) is 15.9 Å². The molecule has 1 aromatic heterocycles. The molecule has 1 amide bonds. The van der Waals surface area contributed by atoms with Crippen molar-refractivity contribution in [3.8, 4) is 23.1 Å². The first-order valence-corrected chi connectivity index (χ1v) is 12.7. The molecule has 0 fully saturated rings. The third kappa shape index (κ3) is 5.60. The van der Waals surface area contributed by atoms with E-state index in [0.29, 0.717) is 29.6 Å². The first-order chi connectivity index (χ1) is 15.9. The van der Waals surface area contributed by atoms with Gasteiger partial charge in [-0.25, -0.2) is 8.42 Å². The number of thioether (sulfide) groups is 1. The van der Waals surface area contributed by atoms with Crippen LogP contribution in [-0.4, -0.2) is 58.8 Å². The van der Waals surface area contributed by atoms with E-state index in [1.807, 2.05) is 36.4 Å². The number of sulfonamides is 1. The number of hydrogen-bond donors (Lipinski definition) is 1. The summed E-state index contributed by atoms with van der Waals surface area (Å²) in [4.78, 5) is 12.1. The highest BCUT2D eigenvalue weighted by Crippen LogP contribution is 2.29. The summed E-state index contributed by atoms with van der Waals surface area (Å²) in [6.07, 6.45) is 0. The molecule has 9 nitrogen and oxygen atoms in total. The van der Waals surface area contributed by atoms with Crippen LogP contribution >= 0.6 is 11.8 Å². The Morgan fingerprint density at radius 1 is 1.12 bits per heavy atom. The van der Waals surface area contributed by atoms with Crippen molar-refractivity contribution in [3.63, 3.8) is 0 Å². The molecule has 11 heteroatoms. The molecule has 0 unspecified atom stereocenters. The van der Waals surface area contributed by atoms with Crippen LogP contribution in [0.2, 0.25) is 0 Å². The van der Waals surface area contributed by atoms with E-state index in [2.05, 4.69) is 15.5 Å². The predicted molar refractivity (Wildman–Crippen MR) is 126 cm³/mol. The van der Waals surface area contributed by atoms with Gasteiger partial charge in [0.15, 0.2) is 11.0 Å². The van der Waals surface area contributed by atoms with Gasteiger partial charge in [-0.1, -0.05) is 55.9 Å². The number of hydrogen-bond acceptors (Lipinski definition) is 7. The van der Waals surface area contributed by atoms with Crippen LogP contribution in [0.5, 0.6) is 0 Å². The lowest BCUT2D eigenvalue weighted by Gasteiger charge is -2.19. The summed E-state index contributed by atoms with van der Waals surface area (Å²) < 4.78 is 29.2. The minimum atomic E-state index is -3.64. The van der Waals surface area contributed by atoms with Gasteiger partial charge in [0.1, 0.15) is 6.54 Å². The number of carbonyl (C=O) groups is 1. The van der Waals surface area contributed by atoms with E-state index < -0.39 is 10.0 Å². The number of benzene rings is 2. The zero-order valence-corrected chi connectivity index (χ0v) is 19.9. The Morgan fingerprint density at radius 3 is 2.52 bits per heavy atom. The number of carbonyl (C=O) groups excluding carboxylic acids is 1. The number of nitriles is 1. The third-order valence-corrected chi connectivity index (χ3v) is 7.75. The van der Waals surface area contributed by atoms with E-state index in [-0.39, 0.29) is 23.1 Å². The second kappa shape index (κ2) is 11.1. The Labute approximate surface area is 197 Å². The van der Waals surface area contributed by atoms with Gasteiger partial charge in [-0.05, 0) is 24.3 Å². The van der Waals surface area contributed by atoms with Crippen LogP contribution in [0.4, 0.5) is 0 Å². The lowest BCUT2D eigenvalue weighted by molar-refractivity contribution is -0.118. The van der Waals surface area contributed by atoms with E-state index in [1.165, 1.54) is 16.1 Å². The van der Waals surface area contributed by atoms with Crippen LogP contribution in [0, 0.1) is 11.3 Å². The third-order valence-electron chi connectivity index (χ3n) is 4.78. The normalized spacial score (nSPS) is 11.3. The smallest absolute Gasteiger partial charge is 0.243 e. The Hall–Kier alpha value is -3.20. The average Bonchev–Trinajstić information content (AvgIpc) is 3.26. The molecule has 0 bridgehead atoms. The topological polar surface area (TPSA) is 121 Å². The van der Waals surface area contributed by atoms with E-state index in [0.717, 1.165) is 5.69 Å². The van der Waals surface area contributed by atoms with Crippen molar-refractivity contribution in [3.05, 3.63) is 54.6 Å². The molecule has 0 aliphatic heterocycles. The van der Waals surface area contributed by atoms with Crippen LogP contribution in [0.15, 0.2) is 64.6 Å². The highest BCUT2D eigenvalue weighted by atomic mass is 32.2. The van der Waals surface area contributed by atoms with Crippen molar-refractivity contribution >= 4 is 27.7 Å². The highest BCUT2D eigenvalue weighted by molar-refractivity contribution is 7.99. The summed E-state index contributed by atoms with van der Waals surface area (Å²) in [5, 5.41) is 20.2. The molecule has 2 aromatic carbocycles. The average molecular weight is 485 g/mol. The molecule has 0 aliphatic rings. The molecule has 0 aliphatic carbocycles. The molecule has 0 atom stereocenters. The SMILES string of the molecule is CCN(CC)S(=O)(=O)c1cccc(-c2nnc(SCC(=O)NCC#N)n2-c2ccccc2)c1. The van der Waals surface area contributed by atoms with Crippen molar-refractivity contribution in [1.29, 1.82) is 5.26 Å². The first kappa shape index (κ1) is 24.4. The van der Waals surface area contributed by atoms with Gasteiger partial charge in [-0.2, -0.15) is 9.57 Å². The van der Waals surface area contributed by atoms with Crippen LogP contribution in [0.25, 0.3) is 17.1 Å². The molecule has 1 heterocycles. The van der Waals surface area contributed by atoms with Gasteiger partial charge < -0.3 is 5.32 Å². The maximum Gasteiger partial charge on any atom is 0.243 e. The molecule has 33 heavy (non-hydrogen) atoms. The van der Waals surface area contributed by atoms with Crippen LogP contribution in [0.3, 0.4) is 0 Å². The Balaban J connectivity index is 2.03. The van der Waals surface area contributed by atoms with Gasteiger partial charge >= 0.3 is 0 Å². The predicted octanol–water partition coefficient (Wildman–Crippen LogP) is 2.70. The number of amides is 1. The molecule has 3 rings (SSSR count). The lowest BCUT2D eigenvalue weighted by Crippen LogP contribution is -2.30. The summed E-state index contributed by atoms with van der Waals surface area (Å²) in [5.41, 5.74) is 1.36. The van der Waals surface area contributed by atoms with Crippen molar-refractivity contribution in [2.45, 2.75) is 23.9 Å². The largest absolute Gasteiger partial charge is 0.342 e. The quantitative estimate of drug-likeness (QED) is 0.347. The van der Waals surface area contributed by atoms with Crippen LogP contribution in [0.1, 0.15) is 13.8 Å². The fourth-order valence-corrected chi connectivity index (χ4v) is 5.47. The highest BCUT2D eigenvalue weighted by Gasteiger charge is 2.23. The number of para-hydroxylation sites is 1. The monoisotopic (exact) mass is 484 g/mol. The van der Waals surface area contributed by atoms with Crippen LogP contribution in [-0.2, 0) is 14.8 Å². The van der Waals surface area contributed by atoms with Crippen molar-refractivity contribution in [2.75, 3.05) is 25.4 Å². The summed E-state index contributed by atoms with van der Waals surface area (Å²) >= 11 is 1.18. The van der Waals surface area contributed by atoms with E-state index in [1.54, 1.807) is 42.7 Å². The Bertz CT molecular complexity index is 1250. The molecular formula is C22H24N6O3S2. The number of nitrogens with one attached hydrogen (secondary N) is 1. The standard InChI is InChI=1S/C22H24N6O3S2/c1-3-27(4-2)33(30,31)19-12-8-9-17(15-19)21-25-26-22(32-16-20(29)24-14-13-23)28(21)18-10-6-5-7-11-18/h5-12,15H,3-4,14,16H2,1-2H3,(H,24,29). The summed E-state index contributed by atoms with van der Waals surface area (Å²) in [7, 11) is -3.64. The first-order valence-electron chi connectivity index (χ1n) is 10.3. The van der Waals surface area contributed by atoms with E-state index in [9.17, 15) is 13.2 Å². The summed E-state index contributed by atoms with van der Waals surface area (Å²) in [6.45, 7) is 4.28. The van der Waals surface area contributed by atoms with Crippen molar-refractivity contribution in [2.24, 2.45) is 0 Å². The van der Waals surface area contributed by atoms with Crippen molar-refractivity contribution < 1.29 is 13.2 Å². The second-order valence-corrected chi connectivity index (χ2v) is 9.70. The number of rotatable bonds is 10. The maximum atomic E-state index is 13.0.